The molecule has 0 saturated carbocycles. The Morgan fingerprint density at radius 1 is 1.07 bits per heavy atom. The van der Waals surface area contributed by atoms with E-state index < -0.39 is 0 Å². The fourth-order valence-electron chi connectivity index (χ4n) is 3.15. The normalized spacial score (nSPS) is 11.1. The first-order valence-corrected chi connectivity index (χ1v) is 9.90. The van der Waals surface area contributed by atoms with Crippen LogP contribution in [0.1, 0.15) is 34.8 Å². The lowest BCUT2D eigenvalue weighted by Gasteiger charge is -2.09. The van der Waals surface area contributed by atoms with Crippen molar-refractivity contribution < 1.29 is 9.18 Å². The molecule has 0 spiro atoms. The summed E-state index contributed by atoms with van der Waals surface area (Å²) in [5.74, 6) is -0.525. The first-order chi connectivity index (χ1) is 13.7. The molecule has 0 aliphatic carbocycles. The minimum atomic E-state index is -0.385. The second-order valence-electron chi connectivity index (χ2n) is 6.95. The lowest BCUT2D eigenvalue weighted by molar-refractivity contribution is -0.116. The van der Waals surface area contributed by atoms with E-state index >= 15 is 0 Å². The van der Waals surface area contributed by atoms with E-state index in [4.69, 9.17) is 23.2 Å². The highest BCUT2D eigenvalue weighted by atomic mass is 35.5. The number of aromatic nitrogens is 4. The molecule has 29 heavy (non-hydrogen) atoms. The number of rotatable bonds is 6. The zero-order valence-electron chi connectivity index (χ0n) is 16.7. The molecule has 0 aliphatic heterocycles. The third-order valence-electron chi connectivity index (χ3n) is 4.82. The molecule has 2 aromatic heterocycles. The highest BCUT2D eigenvalue weighted by molar-refractivity contribution is 6.32. The summed E-state index contributed by atoms with van der Waals surface area (Å²) >= 11 is 12.3. The standard InChI is InChI=1S/C20H22Cl2FN5O/c1-11-19(22)13(3)27(25-11)8-7-18(29)24-20-12(2)26-28(14(20)4)10-15-5-6-16(23)9-17(15)21/h5-6,9H,7-8,10H2,1-4H3,(H,24,29). The predicted octanol–water partition coefficient (Wildman–Crippen LogP) is 4.84. The monoisotopic (exact) mass is 437 g/mol. The van der Waals surface area contributed by atoms with Crippen molar-refractivity contribution in [2.75, 3.05) is 5.32 Å². The first-order valence-electron chi connectivity index (χ1n) is 9.14. The number of carbonyl (C=O) groups excluding carboxylic acids is 1. The molecule has 6 nitrogen and oxygen atoms in total. The van der Waals surface area contributed by atoms with Gasteiger partial charge in [-0.15, -0.1) is 0 Å². The Balaban J connectivity index is 1.69. The molecule has 0 saturated heterocycles. The topological polar surface area (TPSA) is 64.7 Å². The summed E-state index contributed by atoms with van der Waals surface area (Å²) < 4.78 is 16.7. The number of amides is 1. The Bertz CT molecular complexity index is 1070. The third-order valence-corrected chi connectivity index (χ3v) is 5.72. The fraction of sp³-hybridized carbons (Fsp3) is 0.350. The van der Waals surface area contributed by atoms with E-state index in [2.05, 4.69) is 15.5 Å². The molecule has 2 heterocycles. The maximum absolute atomic E-state index is 13.3. The van der Waals surface area contributed by atoms with E-state index in [9.17, 15) is 9.18 Å². The van der Waals surface area contributed by atoms with E-state index in [-0.39, 0.29) is 18.1 Å². The summed E-state index contributed by atoms with van der Waals surface area (Å²) in [6.07, 6.45) is 0.256. The van der Waals surface area contributed by atoms with Gasteiger partial charge in [-0.2, -0.15) is 10.2 Å². The SMILES string of the molecule is Cc1nn(CCC(=O)Nc2c(C)nn(Cc3ccc(F)cc3Cl)c2C)c(C)c1Cl. The largest absolute Gasteiger partial charge is 0.323 e. The zero-order chi connectivity index (χ0) is 21.3. The quantitative estimate of drug-likeness (QED) is 0.599. The van der Waals surface area contributed by atoms with Crippen molar-refractivity contribution in [3.8, 4) is 0 Å². The van der Waals surface area contributed by atoms with Gasteiger partial charge < -0.3 is 5.32 Å². The number of nitrogens with one attached hydrogen (secondary N) is 1. The number of aryl methyl sites for hydroxylation is 3. The number of halogens is 3. The number of benzene rings is 1. The molecular formula is C20H22Cl2FN5O. The van der Waals surface area contributed by atoms with Crippen molar-refractivity contribution in [3.63, 3.8) is 0 Å². The highest BCUT2D eigenvalue weighted by Crippen LogP contribution is 2.24. The molecule has 3 rings (SSSR count). The molecule has 1 N–H and O–H groups in total. The van der Waals surface area contributed by atoms with Crippen LogP contribution in [0.25, 0.3) is 0 Å². The lowest BCUT2D eigenvalue weighted by atomic mass is 10.2. The van der Waals surface area contributed by atoms with Gasteiger partial charge in [0, 0.05) is 11.4 Å². The van der Waals surface area contributed by atoms with Crippen molar-refractivity contribution in [2.24, 2.45) is 0 Å². The van der Waals surface area contributed by atoms with Crippen molar-refractivity contribution in [1.82, 2.24) is 19.6 Å². The van der Waals surface area contributed by atoms with Crippen molar-refractivity contribution >= 4 is 34.8 Å². The van der Waals surface area contributed by atoms with Crippen LogP contribution in [0.3, 0.4) is 0 Å². The summed E-state index contributed by atoms with van der Waals surface area (Å²) in [5.41, 5.74) is 4.50. The summed E-state index contributed by atoms with van der Waals surface area (Å²) in [6, 6.07) is 4.27. The number of anilines is 1. The van der Waals surface area contributed by atoms with Crippen molar-refractivity contribution in [2.45, 2.75) is 47.2 Å². The number of hydrogen-bond donors (Lipinski definition) is 1. The van der Waals surface area contributed by atoms with Gasteiger partial charge in [0.2, 0.25) is 5.91 Å². The molecule has 1 amide bonds. The zero-order valence-corrected chi connectivity index (χ0v) is 18.2. The van der Waals surface area contributed by atoms with Crippen LogP contribution in [0.4, 0.5) is 10.1 Å². The summed E-state index contributed by atoms with van der Waals surface area (Å²) in [5, 5.41) is 12.7. The number of hydrogen-bond acceptors (Lipinski definition) is 3. The molecule has 0 aliphatic rings. The lowest BCUT2D eigenvalue weighted by Crippen LogP contribution is -2.16. The van der Waals surface area contributed by atoms with Gasteiger partial charge in [-0.05, 0) is 45.4 Å². The summed E-state index contributed by atoms with van der Waals surface area (Å²) in [7, 11) is 0. The summed E-state index contributed by atoms with van der Waals surface area (Å²) in [6.45, 7) is 8.22. The molecule has 1 aromatic carbocycles. The van der Waals surface area contributed by atoms with Crippen LogP contribution in [0.2, 0.25) is 10.0 Å². The maximum Gasteiger partial charge on any atom is 0.226 e. The van der Waals surface area contributed by atoms with Crippen LogP contribution in [-0.2, 0) is 17.9 Å². The molecular weight excluding hydrogens is 416 g/mol. The van der Waals surface area contributed by atoms with Crippen LogP contribution >= 0.6 is 23.2 Å². The van der Waals surface area contributed by atoms with Crippen molar-refractivity contribution in [3.05, 3.63) is 62.4 Å². The molecule has 3 aromatic rings. The Labute approximate surface area is 178 Å². The second-order valence-corrected chi connectivity index (χ2v) is 7.73. The van der Waals surface area contributed by atoms with Gasteiger partial charge in [-0.3, -0.25) is 14.2 Å². The molecule has 9 heteroatoms. The molecule has 0 atom stereocenters. The van der Waals surface area contributed by atoms with Gasteiger partial charge in [0.25, 0.3) is 0 Å². The predicted molar refractivity (Wildman–Crippen MR) is 112 cm³/mol. The van der Waals surface area contributed by atoms with Crippen LogP contribution in [0, 0.1) is 33.5 Å². The molecule has 0 unspecified atom stereocenters. The molecule has 0 radical (unpaired) electrons. The van der Waals surface area contributed by atoms with Gasteiger partial charge in [0.1, 0.15) is 5.82 Å². The van der Waals surface area contributed by atoms with E-state index in [0.29, 0.717) is 34.5 Å². The summed E-state index contributed by atoms with van der Waals surface area (Å²) in [4.78, 5) is 12.5. The molecule has 0 bridgehead atoms. The number of nitrogens with zero attached hydrogens (tertiary/aromatic N) is 4. The average molecular weight is 438 g/mol. The van der Waals surface area contributed by atoms with Crippen LogP contribution in [-0.4, -0.2) is 25.5 Å². The Morgan fingerprint density at radius 3 is 2.38 bits per heavy atom. The van der Waals surface area contributed by atoms with E-state index in [1.54, 1.807) is 15.4 Å². The van der Waals surface area contributed by atoms with Crippen LogP contribution in [0.5, 0.6) is 0 Å². The Hall–Kier alpha value is -2.38. The average Bonchev–Trinajstić information content (AvgIpc) is 3.06. The second kappa shape index (κ2) is 8.55. The Kier molecular flexibility index (Phi) is 6.29. The fourth-order valence-corrected chi connectivity index (χ4v) is 3.51. The van der Waals surface area contributed by atoms with Gasteiger partial charge in [-0.1, -0.05) is 29.3 Å². The van der Waals surface area contributed by atoms with Gasteiger partial charge in [0.05, 0.1) is 46.6 Å². The van der Waals surface area contributed by atoms with Gasteiger partial charge >= 0.3 is 0 Å². The van der Waals surface area contributed by atoms with Gasteiger partial charge in [0.15, 0.2) is 0 Å². The van der Waals surface area contributed by atoms with E-state index in [1.807, 2.05) is 27.7 Å². The highest BCUT2D eigenvalue weighted by Gasteiger charge is 2.16. The van der Waals surface area contributed by atoms with Crippen LogP contribution < -0.4 is 5.32 Å². The maximum atomic E-state index is 13.3. The van der Waals surface area contributed by atoms with Gasteiger partial charge in [-0.25, -0.2) is 4.39 Å². The minimum Gasteiger partial charge on any atom is -0.323 e. The van der Waals surface area contributed by atoms with Crippen LogP contribution in [0.15, 0.2) is 18.2 Å². The smallest absolute Gasteiger partial charge is 0.226 e. The van der Waals surface area contributed by atoms with E-state index in [0.717, 1.165) is 22.6 Å². The molecule has 0 fully saturated rings. The van der Waals surface area contributed by atoms with E-state index in [1.165, 1.54) is 12.1 Å². The third kappa shape index (κ3) is 4.62. The molecule has 154 valence electrons. The Morgan fingerprint density at radius 2 is 1.76 bits per heavy atom. The number of carbonyl (C=O) groups is 1. The van der Waals surface area contributed by atoms with Crippen molar-refractivity contribution in [1.29, 1.82) is 0 Å². The minimum absolute atomic E-state index is 0.140. The first kappa shape index (κ1) is 21.3.